The van der Waals surface area contributed by atoms with E-state index >= 15 is 0 Å². The molecule has 8 heteroatoms. The summed E-state index contributed by atoms with van der Waals surface area (Å²) < 4.78 is 7.23. The molecule has 0 unspecified atom stereocenters. The second-order valence-corrected chi connectivity index (χ2v) is 8.32. The number of hydrogen-bond donors (Lipinski definition) is 1. The Bertz CT molecular complexity index is 868. The number of amides is 2. The molecule has 2 aromatic carbocycles. The molecule has 1 N–H and O–H groups in total. The third kappa shape index (κ3) is 5.33. The lowest BCUT2D eigenvalue weighted by atomic mass is 10.1. The molecular formula is C20H21Br2N3O3. The number of likely N-dealkylation sites (N-methyl/N-ethyl adjacent to an activating group) is 1. The van der Waals surface area contributed by atoms with Crippen molar-refractivity contribution in [3.05, 3.63) is 57.0 Å². The first-order valence-electron chi connectivity index (χ1n) is 8.88. The van der Waals surface area contributed by atoms with Crippen LogP contribution in [0.4, 0.5) is 5.69 Å². The molecule has 0 aromatic heterocycles. The van der Waals surface area contributed by atoms with Gasteiger partial charge in [0.1, 0.15) is 5.75 Å². The van der Waals surface area contributed by atoms with Crippen molar-refractivity contribution < 1.29 is 14.3 Å². The normalized spacial score (nSPS) is 14.6. The van der Waals surface area contributed by atoms with Crippen LogP contribution in [-0.4, -0.2) is 61.4 Å². The number of carbonyl (C=O) groups excluding carboxylic acids is 2. The fourth-order valence-electron chi connectivity index (χ4n) is 2.88. The smallest absolute Gasteiger partial charge is 0.262 e. The van der Waals surface area contributed by atoms with Gasteiger partial charge >= 0.3 is 0 Å². The first kappa shape index (κ1) is 20.8. The lowest BCUT2D eigenvalue weighted by Gasteiger charge is -2.32. The van der Waals surface area contributed by atoms with Gasteiger partial charge in [0.15, 0.2) is 6.61 Å². The average Bonchev–Trinajstić information content (AvgIpc) is 2.68. The van der Waals surface area contributed by atoms with Crippen molar-refractivity contribution in [3.63, 3.8) is 0 Å². The molecule has 148 valence electrons. The number of para-hydroxylation sites is 1. The van der Waals surface area contributed by atoms with E-state index in [0.717, 1.165) is 22.0 Å². The predicted octanol–water partition coefficient (Wildman–Crippen LogP) is 3.62. The number of piperazine rings is 1. The topological polar surface area (TPSA) is 61.9 Å². The summed E-state index contributed by atoms with van der Waals surface area (Å²) in [7, 11) is 2.04. The highest BCUT2D eigenvalue weighted by molar-refractivity contribution is 9.11. The van der Waals surface area contributed by atoms with Crippen molar-refractivity contribution in [1.82, 2.24) is 9.80 Å². The van der Waals surface area contributed by atoms with Gasteiger partial charge in [-0.25, -0.2) is 0 Å². The van der Waals surface area contributed by atoms with Crippen molar-refractivity contribution in [2.45, 2.75) is 0 Å². The van der Waals surface area contributed by atoms with Crippen molar-refractivity contribution in [3.8, 4) is 5.75 Å². The Morgan fingerprint density at radius 2 is 1.79 bits per heavy atom. The summed E-state index contributed by atoms with van der Waals surface area (Å²) in [6, 6.07) is 12.5. The SMILES string of the molecule is CN1CCN(C(=O)c2ccccc2NC(=O)COc2ccc(Br)cc2Br)CC1. The fourth-order valence-corrected chi connectivity index (χ4v) is 4.04. The van der Waals surface area contributed by atoms with Gasteiger partial charge in [0.05, 0.1) is 15.7 Å². The Hall–Kier alpha value is -1.90. The first-order valence-corrected chi connectivity index (χ1v) is 10.5. The molecule has 3 rings (SSSR count). The number of benzene rings is 2. The van der Waals surface area contributed by atoms with Gasteiger partial charge in [-0.05, 0) is 53.3 Å². The van der Waals surface area contributed by atoms with E-state index in [9.17, 15) is 9.59 Å². The van der Waals surface area contributed by atoms with E-state index in [2.05, 4.69) is 42.1 Å². The zero-order valence-electron chi connectivity index (χ0n) is 15.5. The third-order valence-corrected chi connectivity index (χ3v) is 5.59. The van der Waals surface area contributed by atoms with Gasteiger partial charge in [-0.1, -0.05) is 28.1 Å². The number of ether oxygens (including phenoxy) is 1. The lowest BCUT2D eigenvalue weighted by molar-refractivity contribution is -0.118. The van der Waals surface area contributed by atoms with Gasteiger partial charge in [0, 0.05) is 30.7 Å². The van der Waals surface area contributed by atoms with Crippen LogP contribution < -0.4 is 10.1 Å². The van der Waals surface area contributed by atoms with Gasteiger partial charge in [-0.3, -0.25) is 9.59 Å². The monoisotopic (exact) mass is 509 g/mol. The summed E-state index contributed by atoms with van der Waals surface area (Å²) in [5, 5.41) is 2.79. The minimum atomic E-state index is -0.326. The standard InChI is InChI=1S/C20H21Br2N3O3/c1-24-8-10-25(11-9-24)20(27)15-4-2-3-5-17(15)23-19(26)13-28-18-7-6-14(21)12-16(18)22/h2-7,12H,8-11,13H2,1H3,(H,23,26). The summed E-state index contributed by atoms with van der Waals surface area (Å²) in [4.78, 5) is 29.3. The van der Waals surface area contributed by atoms with Crippen LogP contribution in [0.3, 0.4) is 0 Å². The second-order valence-electron chi connectivity index (χ2n) is 6.55. The number of nitrogens with zero attached hydrogens (tertiary/aromatic N) is 2. The minimum Gasteiger partial charge on any atom is -0.483 e. The molecule has 1 heterocycles. The Balaban J connectivity index is 1.64. The molecule has 6 nitrogen and oxygen atoms in total. The van der Waals surface area contributed by atoms with E-state index in [0.29, 0.717) is 30.1 Å². The van der Waals surface area contributed by atoms with E-state index in [-0.39, 0.29) is 18.4 Å². The maximum absolute atomic E-state index is 12.9. The average molecular weight is 511 g/mol. The molecule has 2 aromatic rings. The minimum absolute atomic E-state index is 0.0689. The molecule has 1 aliphatic rings. The number of rotatable bonds is 5. The summed E-state index contributed by atoms with van der Waals surface area (Å²) in [5.74, 6) is 0.175. The zero-order valence-corrected chi connectivity index (χ0v) is 18.6. The van der Waals surface area contributed by atoms with Crippen LogP contribution in [0.15, 0.2) is 51.4 Å². The summed E-state index contributed by atoms with van der Waals surface area (Å²) in [6.07, 6.45) is 0. The Labute approximate surface area is 181 Å². The van der Waals surface area contributed by atoms with Crippen molar-refractivity contribution in [2.24, 2.45) is 0 Å². The maximum atomic E-state index is 12.9. The number of halogens is 2. The molecule has 1 aliphatic heterocycles. The lowest BCUT2D eigenvalue weighted by Crippen LogP contribution is -2.47. The van der Waals surface area contributed by atoms with Crippen LogP contribution in [-0.2, 0) is 4.79 Å². The van der Waals surface area contributed by atoms with Gasteiger partial charge in [0.25, 0.3) is 11.8 Å². The molecular weight excluding hydrogens is 490 g/mol. The molecule has 28 heavy (non-hydrogen) atoms. The van der Waals surface area contributed by atoms with Crippen molar-refractivity contribution in [2.75, 3.05) is 45.2 Å². The van der Waals surface area contributed by atoms with Gasteiger partial charge in [-0.15, -0.1) is 0 Å². The fraction of sp³-hybridized carbons (Fsp3) is 0.300. The van der Waals surface area contributed by atoms with Crippen LogP contribution >= 0.6 is 31.9 Å². The van der Waals surface area contributed by atoms with E-state index in [1.54, 1.807) is 30.3 Å². The molecule has 0 aliphatic carbocycles. The van der Waals surface area contributed by atoms with Crippen LogP contribution in [0.2, 0.25) is 0 Å². The number of anilines is 1. The summed E-state index contributed by atoms with van der Waals surface area (Å²) in [6.45, 7) is 2.89. The van der Waals surface area contributed by atoms with E-state index in [4.69, 9.17) is 4.74 Å². The van der Waals surface area contributed by atoms with E-state index < -0.39 is 0 Å². The number of carbonyl (C=O) groups is 2. The summed E-state index contributed by atoms with van der Waals surface area (Å²) in [5.41, 5.74) is 0.986. The molecule has 2 amide bonds. The second kappa shape index (κ2) is 9.54. The quantitative estimate of drug-likeness (QED) is 0.667. The molecule has 0 saturated carbocycles. The Kier molecular flexibility index (Phi) is 7.09. The number of nitrogens with one attached hydrogen (secondary N) is 1. The van der Waals surface area contributed by atoms with Gasteiger partial charge < -0.3 is 19.9 Å². The van der Waals surface area contributed by atoms with Crippen LogP contribution in [0.1, 0.15) is 10.4 Å². The highest BCUT2D eigenvalue weighted by Crippen LogP contribution is 2.28. The largest absolute Gasteiger partial charge is 0.483 e. The predicted molar refractivity (Wildman–Crippen MR) is 116 cm³/mol. The van der Waals surface area contributed by atoms with Crippen LogP contribution in [0.25, 0.3) is 0 Å². The highest BCUT2D eigenvalue weighted by atomic mass is 79.9. The van der Waals surface area contributed by atoms with Gasteiger partial charge in [-0.2, -0.15) is 0 Å². The van der Waals surface area contributed by atoms with Crippen molar-refractivity contribution in [1.29, 1.82) is 0 Å². The zero-order chi connectivity index (χ0) is 20.1. The number of hydrogen-bond acceptors (Lipinski definition) is 4. The highest BCUT2D eigenvalue weighted by Gasteiger charge is 2.22. The molecule has 0 spiro atoms. The molecule has 0 bridgehead atoms. The maximum Gasteiger partial charge on any atom is 0.262 e. The molecule has 0 atom stereocenters. The Morgan fingerprint density at radius 3 is 2.50 bits per heavy atom. The van der Waals surface area contributed by atoms with E-state index in [1.807, 2.05) is 24.1 Å². The molecule has 0 radical (unpaired) electrons. The summed E-state index contributed by atoms with van der Waals surface area (Å²) >= 11 is 6.78. The van der Waals surface area contributed by atoms with Crippen LogP contribution in [0, 0.1) is 0 Å². The van der Waals surface area contributed by atoms with Crippen LogP contribution in [0.5, 0.6) is 5.75 Å². The van der Waals surface area contributed by atoms with Gasteiger partial charge in [0.2, 0.25) is 0 Å². The van der Waals surface area contributed by atoms with E-state index in [1.165, 1.54) is 0 Å². The van der Waals surface area contributed by atoms with Crippen molar-refractivity contribution >= 4 is 49.4 Å². The third-order valence-electron chi connectivity index (χ3n) is 4.47. The first-order chi connectivity index (χ1) is 13.4. The molecule has 1 saturated heterocycles. The Morgan fingerprint density at radius 1 is 1.07 bits per heavy atom. The molecule has 1 fully saturated rings.